The van der Waals surface area contributed by atoms with Gasteiger partial charge in [-0.15, -0.1) is 0 Å². The molecule has 0 bridgehead atoms. The van der Waals surface area contributed by atoms with Crippen LogP contribution in [-0.2, 0) is 7.05 Å². The van der Waals surface area contributed by atoms with E-state index in [4.69, 9.17) is 4.52 Å². The summed E-state index contributed by atoms with van der Waals surface area (Å²) in [6.45, 7) is 2.16. The largest absolute Gasteiger partial charge is 0.356 e. The Labute approximate surface area is 177 Å². The predicted octanol–water partition coefficient (Wildman–Crippen LogP) is 5.49. The average Bonchev–Trinajstić information content (AvgIpc) is 3.50. The van der Waals surface area contributed by atoms with Crippen molar-refractivity contribution in [3.05, 3.63) is 78.2 Å². The third-order valence-electron chi connectivity index (χ3n) is 5.90. The molecule has 0 amide bonds. The Bertz CT molecular complexity index is 1560. The summed E-state index contributed by atoms with van der Waals surface area (Å²) >= 11 is 0. The number of nitrogens with one attached hydrogen (secondary N) is 2. The first-order valence-electron chi connectivity index (χ1n) is 10.2. The lowest BCUT2D eigenvalue weighted by Crippen LogP contribution is -1.97. The van der Waals surface area contributed by atoms with Crippen molar-refractivity contribution in [1.29, 1.82) is 0 Å². The standard InChI is InChI=1S/C24H20N6O/c1-14(15-5-8-20-16(12-15)9-11-30(20)2)22-18-7-6-17(13-21(18)31-29-22)26-24-23-19(27-28-24)4-3-10-25-23/h3-14H,1-2H3,(H2,26,27,28). The molecule has 4 aromatic heterocycles. The molecule has 0 aliphatic heterocycles. The zero-order valence-electron chi connectivity index (χ0n) is 17.1. The molecule has 2 N–H and O–H groups in total. The van der Waals surface area contributed by atoms with E-state index in [9.17, 15) is 0 Å². The van der Waals surface area contributed by atoms with Gasteiger partial charge in [-0.3, -0.25) is 10.1 Å². The summed E-state index contributed by atoms with van der Waals surface area (Å²) in [7, 11) is 2.06. The lowest BCUT2D eigenvalue weighted by atomic mass is 9.94. The highest BCUT2D eigenvalue weighted by atomic mass is 16.5. The van der Waals surface area contributed by atoms with Crippen molar-refractivity contribution in [2.75, 3.05) is 5.32 Å². The molecule has 6 aromatic rings. The maximum absolute atomic E-state index is 5.69. The summed E-state index contributed by atoms with van der Waals surface area (Å²) in [5.41, 5.74) is 6.65. The van der Waals surface area contributed by atoms with Gasteiger partial charge >= 0.3 is 0 Å². The van der Waals surface area contributed by atoms with Crippen molar-refractivity contribution in [3.8, 4) is 0 Å². The maximum Gasteiger partial charge on any atom is 0.178 e. The number of pyridine rings is 1. The minimum atomic E-state index is 0.115. The highest BCUT2D eigenvalue weighted by Crippen LogP contribution is 2.33. The second-order valence-corrected chi connectivity index (χ2v) is 7.84. The Hall–Kier alpha value is -4.13. The average molecular weight is 408 g/mol. The monoisotopic (exact) mass is 408 g/mol. The van der Waals surface area contributed by atoms with Crippen LogP contribution in [0.3, 0.4) is 0 Å². The molecule has 152 valence electrons. The lowest BCUT2D eigenvalue weighted by Gasteiger charge is -2.10. The number of aromatic nitrogens is 5. The SMILES string of the molecule is CC(c1ccc2c(ccn2C)c1)c1noc2cc(Nc3n[nH]c4cccnc34)ccc12. The van der Waals surface area contributed by atoms with E-state index in [0.29, 0.717) is 5.82 Å². The lowest BCUT2D eigenvalue weighted by molar-refractivity contribution is 0.443. The number of aryl methyl sites for hydroxylation is 1. The number of rotatable bonds is 4. The Morgan fingerprint density at radius 2 is 2.03 bits per heavy atom. The van der Waals surface area contributed by atoms with Gasteiger partial charge in [-0.2, -0.15) is 5.10 Å². The van der Waals surface area contributed by atoms with Gasteiger partial charge in [-0.1, -0.05) is 18.1 Å². The molecule has 0 aliphatic rings. The molecule has 7 heteroatoms. The van der Waals surface area contributed by atoms with Gasteiger partial charge < -0.3 is 14.4 Å². The quantitative estimate of drug-likeness (QED) is 0.403. The van der Waals surface area contributed by atoms with Crippen LogP contribution in [0.15, 0.2) is 71.5 Å². The highest BCUT2D eigenvalue weighted by molar-refractivity contribution is 5.90. The molecular weight excluding hydrogens is 388 g/mol. The van der Waals surface area contributed by atoms with E-state index in [0.717, 1.165) is 33.4 Å². The van der Waals surface area contributed by atoms with Gasteiger partial charge in [0.05, 0.1) is 11.2 Å². The molecule has 4 heterocycles. The minimum Gasteiger partial charge on any atom is -0.356 e. The van der Waals surface area contributed by atoms with Gasteiger partial charge in [0.25, 0.3) is 0 Å². The zero-order chi connectivity index (χ0) is 20.9. The van der Waals surface area contributed by atoms with Crippen LogP contribution >= 0.6 is 0 Å². The van der Waals surface area contributed by atoms with E-state index in [1.54, 1.807) is 6.20 Å². The van der Waals surface area contributed by atoms with Gasteiger partial charge in [0.1, 0.15) is 5.52 Å². The topological polar surface area (TPSA) is 84.6 Å². The summed E-state index contributed by atoms with van der Waals surface area (Å²) in [6, 6.07) is 18.5. The third-order valence-corrected chi connectivity index (χ3v) is 5.90. The van der Waals surface area contributed by atoms with Gasteiger partial charge in [-0.05, 0) is 53.4 Å². The molecule has 1 atom stereocenters. The summed E-state index contributed by atoms with van der Waals surface area (Å²) in [4.78, 5) is 4.39. The molecule has 0 fully saturated rings. The number of fused-ring (bicyclic) bond motifs is 3. The molecular formula is C24H20N6O. The molecule has 0 spiro atoms. The Balaban J connectivity index is 1.33. The number of nitrogens with zero attached hydrogens (tertiary/aromatic N) is 4. The molecule has 0 saturated carbocycles. The van der Waals surface area contributed by atoms with Gasteiger partial charge in [-0.25, -0.2) is 0 Å². The highest BCUT2D eigenvalue weighted by Gasteiger charge is 2.18. The van der Waals surface area contributed by atoms with E-state index in [1.165, 1.54) is 16.5 Å². The number of hydrogen-bond acceptors (Lipinski definition) is 5. The summed E-state index contributed by atoms with van der Waals surface area (Å²) in [5, 5.41) is 17.3. The molecule has 0 aliphatic carbocycles. The fourth-order valence-corrected chi connectivity index (χ4v) is 4.15. The van der Waals surface area contributed by atoms with Crippen LogP contribution in [0.4, 0.5) is 11.5 Å². The first-order chi connectivity index (χ1) is 15.2. The van der Waals surface area contributed by atoms with Crippen molar-refractivity contribution >= 4 is 44.4 Å². The van der Waals surface area contributed by atoms with E-state index in [-0.39, 0.29) is 5.92 Å². The predicted molar refractivity (Wildman–Crippen MR) is 122 cm³/mol. The zero-order valence-corrected chi connectivity index (χ0v) is 17.1. The normalized spacial score (nSPS) is 12.7. The summed E-state index contributed by atoms with van der Waals surface area (Å²) in [6.07, 6.45) is 3.83. The number of anilines is 2. The summed E-state index contributed by atoms with van der Waals surface area (Å²) in [5.74, 6) is 0.795. The Morgan fingerprint density at radius 1 is 1.10 bits per heavy atom. The van der Waals surface area contributed by atoms with Crippen molar-refractivity contribution in [1.82, 2.24) is 24.9 Å². The molecule has 1 unspecified atom stereocenters. The van der Waals surface area contributed by atoms with Crippen molar-refractivity contribution in [2.45, 2.75) is 12.8 Å². The fraction of sp³-hybridized carbons (Fsp3) is 0.125. The van der Waals surface area contributed by atoms with Crippen LogP contribution in [-0.4, -0.2) is 24.9 Å². The van der Waals surface area contributed by atoms with Crippen LogP contribution in [0.2, 0.25) is 0 Å². The van der Waals surface area contributed by atoms with E-state index in [1.807, 2.05) is 30.3 Å². The first-order valence-corrected chi connectivity index (χ1v) is 10.2. The van der Waals surface area contributed by atoms with E-state index >= 15 is 0 Å². The Kier molecular flexibility index (Phi) is 3.83. The molecule has 31 heavy (non-hydrogen) atoms. The second-order valence-electron chi connectivity index (χ2n) is 7.84. The van der Waals surface area contributed by atoms with E-state index < -0.39 is 0 Å². The van der Waals surface area contributed by atoms with Crippen molar-refractivity contribution < 1.29 is 4.52 Å². The number of aromatic amines is 1. The van der Waals surface area contributed by atoms with Gasteiger partial charge in [0.2, 0.25) is 0 Å². The van der Waals surface area contributed by atoms with E-state index in [2.05, 4.69) is 74.7 Å². The number of benzene rings is 2. The number of hydrogen-bond donors (Lipinski definition) is 2. The van der Waals surface area contributed by atoms with Crippen LogP contribution in [0.5, 0.6) is 0 Å². The number of H-pyrrole nitrogens is 1. The van der Waals surface area contributed by atoms with Crippen molar-refractivity contribution in [3.63, 3.8) is 0 Å². The molecule has 2 aromatic carbocycles. The van der Waals surface area contributed by atoms with Gasteiger partial charge in [0.15, 0.2) is 11.4 Å². The summed E-state index contributed by atoms with van der Waals surface area (Å²) < 4.78 is 7.82. The second kappa shape index (κ2) is 6.70. The smallest absolute Gasteiger partial charge is 0.178 e. The Morgan fingerprint density at radius 3 is 2.97 bits per heavy atom. The maximum atomic E-state index is 5.69. The van der Waals surface area contributed by atoms with Gasteiger partial charge in [0, 0.05) is 48.0 Å². The molecule has 0 saturated heterocycles. The molecule has 0 radical (unpaired) electrons. The minimum absolute atomic E-state index is 0.115. The van der Waals surface area contributed by atoms with Crippen molar-refractivity contribution in [2.24, 2.45) is 7.05 Å². The fourth-order valence-electron chi connectivity index (χ4n) is 4.15. The third kappa shape index (κ3) is 2.85. The molecule has 7 nitrogen and oxygen atoms in total. The van der Waals surface area contributed by atoms with Crippen LogP contribution in [0.25, 0.3) is 32.9 Å². The van der Waals surface area contributed by atoms with Crippen LogP contribution < -0.4 is 5.32 Å². The molecule has 6 rings (SSSR count). The first kappa shape index (κ1) is 17.7. The van der Waals surface area contributed by atoms with Crippen LogP contribution in [0.1, 0.15) is 24.1 Å². The van der Waals surface area contributed by atoms with Crippen LogP contribution in [0, 0.1) is 0 Å².